The van der Waals surface area contributed by atoms with Crippen molar-refractivity contribution in [3.05, 3.63) is 95.6 Å². The van der Waals surface area contributed by atoms with Crippen molar-refractivity contribution < 1.29 is 17.9 Å². The molecular weight excluding hydrogens is 426 g/mol. The van der Waals surface area contributed by atoms with Gasteiger partial charge >= 0.3 is 0 Å². The number of nitrogens with zero attached hydrogens (tertiary/aromatic N) is 1. The van der Waals surface area contributed by atoms with Gasteiger partial charge in [-0.05, 0) is 61.4 Å². The molecule has 166 valence electrons. The average Bonchev–Trinajstić information content (AvgIpc) is 2.79. The van der Waals surface area contributed by atoms with E-state index in [4.69, 9.17) is 4.74 Å². The smallest absolute Gasteiger partial charge is 0.276 e. The molecule has 2 N–H and O–H groups in total. The van der Waals surface area contributed by atoms with Gasteiger partial charge in [-0.3, -0.25) is 4.79 Å². The topological polar surface area (TPSA) is 96.9 Å². The zero-order chi connectivity index (χ0) is 23.0. The number of amides is 1. The first-order chi connectivity index (χ1) is 15.3. The maximum absolute atomic E-state index is 12.2. The molecule has 0 aliphatic carbocycles. The van der Waals surface area contributed by atoms with E-state index in [9.17, 15) is 13.2 Å². The third kappa shape index (κ3) is 6.68. The highest BCUT2D eigenvalue weighted by Gasteiger charge is 2.12. The minimum atomic E-state index is -3.72. The number of ether oxygens (including phenoxy) is 1. The van der Waals surface area contributed by atoms with E-state index in [-0.39, 0.29) is 23.5 Å². The quantitative estimate of drug-likeness (QED) is 0.384. The van der Waals surface area contributed by atoms with Crippen molar-refractivity contribution in [3.63, 3.8) is 0 Å². The van der Waals surface area contributed by atoms with Gasteiger partial charge < -0.3 is 10.1 Å². The van der Waals surface area contributed by atoms with Crippen LogP contribution in [0.3, 0.4) is 0 Å². The zero-order valence-electron chi connectivity index (χ0n) is 17.9. The van der Waals surface area contributed by atoms with Crippen molar-refractivity contribution in [3.8, 4) is 5.75 Å². The Bertz CT molecular complexity index is 1160. The molecule has 0 saturated heterocycles. The predicted octanol–water partition coefficient (Wildman–Crippen LogP) is 3.56. The molecule has 0 aliphatic heterocycles. The standard InChI is InChI=1S/C24H25N3O4S/c1-18-8-14-23(15-9-18)32(29,30)27-25-16-20-10-12-22(13-11-20)31-17-24(28)26-19(2)21-6-4-3-5-7-21/h3-16,19,27H,17H2,1-2H3,(H,26,28)/b25-16-/t19-/m1/s1. The van der Waals surface area contributed by atoms with Gasteiger partial charge in [0.25, 0.3) is 15.9 Å². The largest absolute Gasteiger partial charge is 0.484 e. The Hall–Kier alpha value is -3.65. The highest BCUT2D eigenvalue weighted by molar-refractivity contribution is 7.89. The first-order valence-electron chi connectivity index (χ1n) is 10.0. The second kappa shape index (κ2) is 10.6. The van der Waals surface area contributed by atoms with Crippen LogP contribution < -0.4 is 14.9 Å². The van der Waals surface area contributed by atoms with E-state index in [2.05, 4.69) is 15.2 Å². The number of hydrogen-bond donors (Lipinski definition) is 2. The number of sulfonamides is 1. The van der Waals surface area contributed by atoms with Gasteiger partial charge in [0.05, 0.1) is 17.2 Å². The summed E-state index contributed by atoms with van der Waals surface area (Å²) >= 11 is 0. The molecule has 0 radical (unpaired) electrons. The molecule has 32 heavy (non-hydrogen) atoms. The molecule has 8 heteroatoms. The van der Waals surface area contributed by atoms with Crippen LogP contribution in [-0.2, 0) is 14.8 Å². The molecule has 0 heterocycles. The van der Waals surface area contributed by atoms with Crippen molar-refractivity contribution in [2.24, 2.45) is 5.10 Å². The Morgan fingerprint density at radius 2 is 1.66 bits per heavy atom. The lowest BCUT2D eigenvalue weighted by atomic mass is 10.1. The molecule has 1 atom stereocenters. The van der Waals surface area contributed by atoms with Crippen molar-refractivity contribution in [1.82, 2.24) is 10.1 Å². The fourth-order valence-corrected chi connectivity index (χ4v) is 3.64. The highest BCUT2D eigenvalue weighted by atomic mass is 32.2. The second-order valence-corrected chi connectivity index (χ2v) is 8.88. The summed E-state index contributed by atoms with van der Waals surface area (Å²) in [6.07, 6.45) is 1.39. The van der Waals surface area contributed by atoms with Crippen LogP contribution in [0.5, 0.6) is 5.75 Å². The Kier molecular flexibility index (Phi) is 7.62. The molecule has 1 amide bonds. The number of hydrogen-bond acceptors (Lipinski definition) is 5. The van der Waals surface area contributed by atoms with Gasteiger partial charge in [0, 0.05) is 0 Å². The summed E-state index contributed by atoms with van der Waals surface area (Å²) in [5, 5.41) is 6.70. The fourth-order valence-electron chi connectivity index (χ4n) is 2.85. The number of benzene rings is 3. The summed E-state index contributed by atoms with van der Waals surface area (Å²) in [6, 6.07) is 22.8. The van der Waals surface area contributed by atoms with Gasteiger partial charge in [0.15, 0.2) is 6.61 Å². The Morgan fingerprint density at radius 1 is 1.00 bits per heavy atom. The normalized spacial score (nSPS) is 12.3. The Labute approximate surface area is 188 Å². The summed E-state index contributed by atoms with van der Waals surface area (Å²) in [7, 11) is -3.72. The number of carbonyl (C=O) groups excluding carboxylic acids is 1. The molecule has 0 saturated carbocycles. The third-order valence-electron chi connectivity index (χ3n) is 4.64. The van der Waals surface area contributed by atoms with Crippen LogP contribution in [0, 0.1) is 6.92 Å². The van der Waals surface area contributed by atoms with Gasteiger partial charge in [0.1, 0.15) is 5.75 Å². The van der Waals surface area contributed by atoms with Crippen LogP contribution in [0.15, 0.2) is 88.9 Å². The van der Waals surface area contributed by atoms with E-state index >= 15 is 0 Å². The van der Waals surface area contributed by atoms with Crippen molar-refractivity contribution >= 4 is 22.1 Å². The monoisotopic (exact) mass is 451 g/mol. The Balaban J connectivity index is 1.48. The van der Waals surface area contributed by atoms with Crippen LogP contribution in [-0.4, -0.2) is 27.1 Å². The van der Waals surface area contributed by atoms with Crippen molar-refractivity contribution in [1.29, 1.82) is 0 Å². The summed E-state index contributed by atoms with van der Waals surface area (Å²) in [4.78, 5) is 14.4. The molecule has 3 rings (SSSR count). The molecular formula is C24H25N3O4S. The lowest BCUT2D eigenvalue weighted by molar-refractivity contribution is -0.123. The second-order valence-electron chi connectivity index (χ2n) is 7.22. The van der Waals surface area contributed by atoms with Gasteiger partial charge in [0.2, 0.25) is 0 Å². The summed E-state index contributed by atoms with van der Waals surface area (Å²) in [5.74, 6) is 0.294. The minimum Gasteiger partial charge on any atom is -0.484 e. The minimum absolute atomic E-state index is 0.110. The summed E-state index contributed by atoms with van der Waals surface area (Å²) < 4.78 is 30.0. The number of nitrogens with one attached hydrogen (secondary N) is 2. The number of aryl methyl sites for hydroxylation is 1. The van der Waals surface area contributed by atoms with Crippen molar-refractivity contribution in [2.45, 2.75) is 24.8 Å². The maximum atomic E-state index is 12.2. The lowest BCUT2D eigenvalue weighted by Gasteiger charge is -2.14. The maximum Gasteiger partial charge on any atom is 0.276 e. The molecule has 0 bridgehead atoms. The van der Waals surface area contributed by atoms with Crippen LogP contribution in [0.4, 0.5) is 0 Å². The van der Waals surface area contributed by atoms with Gasteiger partial charge in [-0.1, -0.05) is 48.0 Å². The molecule has 7 nitrogen and oxygen atoms in total. The lowest BCUT2D eigenvalue weighted by Crippen LogP contribution is -2.31. The molecule has 0 fully saturated rings. The average molecular weight is 452 g/mol. The highest BCUT2D eigenvalue weighted by Crippen LogP contribution is 2.13. The van der Waals surface area contributed by atoms with Crippen LogP contribution in [0.2, 0.25) is 0 Å². The van der Waals surface area contributed by atoms with Gasteiger partial charge in [-0.25, -0.2) is 4.83 Å². The van der Waals surface area contributed by atoms with Crippen LogP contribution in [0.25, 0.3) is 0 Å². The predicted molar refractivity (Wildman–Crippen MR) is 124 cm³/mol. The van der Waals surface area contributed by atoms with Crippen molar-refractivity contribution in [2.75, 3.05) is 6.61 Å². The molecule has 3 aromatic rings. The van der Waals surface area contributed by atoms with E-state index in [0.29, 0.717) is 11.3 Å². The van der Waals surface area contributed by atoms with E-state index in [1.807, 2.05) is 44.2 Å². The first kappa shape index (κ1) is 23.0. The SMILES string of the molecule is Cc1ccc(S(=O)(=O)N/N=C\c2ccc(OCC(=O)N[C@H](C)c3ccccc3)cc2)cc1. The summed E-state index contributed by atoms with van der Waals surface area (Å²) in [5.41, 5.74) is 2.66. The molecule has 0 aromatic heterocycles. The van der Waals surface area contributed by atoms with Crippen LogP contribution in [0.1, 0.15) is 29.7 Å². The molecule has 0 spiro atoms. The number of hydrazone groups is 1. The van der Waals surface area contributed by atoms with Crippen LogP contribution >= 0.6 is 0 Å². The number of rotatable bonds is 9. The molecule has 0 aliphatic rings. The fraction of sp³-hybridized carbons (Fsp3) is 0.167. The zero-order valence-corrected chi connectivity index (χ0v) is 18.7. The van der Waals surface area contributed by atoms with Gasteiger partial charge in [-0.2, -0.15) is 13.5 Å². The van der Waals surface area contributed by atoms with E-state index in [0.717, 1.165) is 11.1 Å². The number of carbonyl (C=O) groups is 1. The molecule has 0 unspecified atom stereocenters. The first-order valence-corrected chi connectivity index (χ1v) is 11.5. The van der Waals surface area contributed by atoms with E-state index in [1.54, 1.807) is 36.4 Å². The van der Waals surface area contributed by atoms with E-state index in [1.165, 1.54) is 18.3 Å². The molecule has 3 aromatic carbocycles. The van der Waals surface area contributed by atoms with E-state index < -0.39 is 10.0 Å². The van der Waals surface area contributed by atoms with Gasteiger partial charge in [-0.15, -0.1) is 0 Å². The summed E-state index contributed by atoms with van der Waals surface area (Å²) in [6.45, 7) is 3.68. The third-order valence-corrected chi connectivity index (χ3v) is 5.88. The Morgan fingerprint density at radius 3 is 2.31 bits per heavy atom.